The molecule has 0 radical (unpaired) electrons. The molecule has 0 aliphatic carbocycles. The minimum atomic E-state index is -0.0322. The number of rotatable bonds is 7. The van der Waals surface area contributed by atoms with Gasteiger partial charge in [-0.25, -0.2) is 0 Å². The van der Waals surface area contributed by atoms with E-state index in [1.165, 1.54) is 7.11 Å². The summed E-state index contributed by atoms with van der Waals surface area (Å²) in [5.74, 6) is 1.93. The van der Waals surface area contributed by atoms with Gasteiger partial charge < -0.3 is 24.1 Å². The molecule has 0 fully saturated rings. The summed E-state index contributed by atoms with van der Waals surface area (Å²) in [6, 6.07) is 9.14. The highest BCUT2D eigenvalue weighted by Gasteiger charge is 2.25. The third kappa shape index (κ3) is 3.89. The molecular formula is C19H22O5P-. The molecule has 0 bridgehead atoms. The van der Waals surface area contributed by atoms with Gasteiger partial charge in [0.25, 0.3) is 0 Å². The highest BCUT2D eigenvalue weighted by molar-refractivity contribution is 7.49. The van der Waals surface area contributed by atoms with E-state index in [-0.39, 0.29) is 5.48 Å². The highest BCUT2D eigenvalue weighted by Crippen LogP contribution is 2.46. The number of hydrogen-bond donors (Lipinski definition) is 0. The molecule has 0 saturated heterocycles. The van der Waals surface area contributed by atoms with Gasteiger partial charge in [0.2, 0.25) is 11.5 Å². The first-order chi connectivity index (χ1) is 12.1. The quantitative estimate of drug-likeness (QED) is 0.710. The lowest BCUT2D eigenvalue weighted by atomic mass is 10.1. The lowest BCUT2D eigenvalue weighted by molar-refractivity contribution is -0.207. The number of methoxy groups -OCH3 is 3. The van der Waals surface area contributed by atoms with Crippen LogP contribution in [0.25, 0.3) is 0 Å². The first-order valence-corrected chi connectivity index (χ1v) is 8.74. The fourth-order valence-electron chi connectivity index (χ4n) is 2.54. The van der Waals surface area contributed by atoms with Crippen LogP contribution >= 0.6 is 8.20 Å². The van der Waals surface area contributed by atoms with E-state index in [9.17, 15) is 5.11 Å². The van der Waals surface area contributed by atoms with Gasteiger partial charge in [-0.15, -0.1) is 5.48 Å². The van der Waals surface area contributed by atoms with Crippen molar-refractivity contribution in [1.29, 1.82) is 0 Å². The predicted molar refractivity (Wildman–Crippen MR) is 99.1 cm³/mol. The van der Waals surface area contributed by atoms with Crippen LogP contribution in [0.5, 0.6) is 23.0 Å². The van der Waals surface area contributed by atoms with Crippen LogP contribution in [0.1, 0.15) is 18.1 Å². The zero-order chi connectivity index (χ0) is 18.4. The minimum absolute atomic E-state index is 0.0322. The van der Waals surface area contributed by atoms with Crippen molar-refractivity contribution < 1.29 is 24.1 Å². The van der Waals surface area contributed by atoms with Crippen molar-refractivity contribution in [3.63, 3.8) is 0 Å². The monoisotopic (exact) mass is 361 g/mol. The SMILES string of the molecule is CCOc1c(OC)c(C)c(P=C([O-])c2ccccc2)c(OC)c1OC. The third-order valence-corrected chi connectivity index (χ3v) is 4.89. The fraction of sp³-hybridized carbons (Fsp3) is 0.316. The maximum absolute atomic E-state index is 12.7. The van der Waals surface area contributed by atoms with Crippen LogP contribution in [0.4, 0.5) is 0 Å². The van der Waals surface area contributed by atoms with E-state index in [0.717, 1.165) is 5.56 Å². The Morgan fingerprint density at radius 2 is 1.52 bits per heavy atom. The van der Waals surface area contributed by atoms with Crippen LogP contribution in [0.15, 0.2) is 30.3 Å². The van der Waals surface area contributed by atoms with Crippen molar-refractivity contribution in [3.8, 4) is 23.0 Å². The molecule has 0 spiro atoms. The van der Waals surface area contributed by atoms with Crippen LogP contribution in [-0.2, 0) is 0 Å². The minimum Gasteiger partial charge on any atom is -0.823 e. The Morgan fingerprint density at radius 1 is 0.920 bits per heavy atom. The Kier molecular flexibility index (Phi) is 6.68. The second kappa shape index (κ2) is 8.75. The predicted octanol–water partition coefficient (Wildman–Crippen LogP) is 2.53. The van der Waals surface area contributed by atoms with E-state index >= 15 is 0 Å². The lowest BCUT2D eigenvalue weighted by Crippen LogP contribution is -2.19. The smallest absolute Gasteiger partial charge is 0.208 e. The van der Waals surface area contributed by atoms with Crippen molar-refractivity contribution in [2.75, 3.05) is 27.9 Å². The number of ether oxygens (including phenoxy) is 4. The van der Waals surface area contributed by atoms with E-state index in [1.807, 2.05) is 32.0 Å². The van der Waals surface area contributed by atoms with Crippen molar-refractivity contribution in [2.24, 2.45) is 0 Å². The summed E-state index contributed by atoms with van der Waals surface area (Å²) in [7, 11) is 5.13. The third-order valence-electron chi connectivity index (χ3n) is 3.66. The van der Waals surface area contributed by atoms with Crippen LogP contribution in [-0.4, -0.2) is 33.4 Å². The molecular weight excluding hydrogens is 339 g/mol. The molecule has 0 aliphatic rings. The Morgan fingerprint density at radius 3 is 2.04 bits per heavy atom. The van der Waals surface area contributed by atoms with Gasteiger partial charge in [0.1, 0.15) is 0 Å². The molecule has 5 nitrogen and oxygen atoms in total. The van der Waals surface area contributed by atoms with Crippen LogP contribution in [0, 0.1) is 6.92 Å². The first-order valence-electron chi connectivity index (χ1n) is 7.85. The van der Waals surface area contributed by atoms with Gasteiger partial charge in [0.15, 0.2) is 11.5 Å². The van der Waals surface area contributed by atoms with E-state index in [0.29, 0.717) is 48.7 Å². The molecule has 134 valence electrons. The molecule has 0 atom stereocenters. The van der Waals surface area contributed by atoms with Gasteiger partial charge in [-0.05, 0) is 19.4 Å². The summed E-state index contributed by atoms with van der Waals surface area (Å²) in [6.45, 7) is 4.21. The molecule has 0 heterocycles. The normalized spacial score (nSPS) is 11.2. The maximum Gasteiger partial charge on any atom is 0.208 e. The van der Waals surface area contributed by atoms with E-state index in [4.69, 9.17) is 18.9 Å². The average Bonchev–Trinajstić information content (AvgIpc) is 2.64. The Labute approximate surface area is 149 Å². The largest absolute Gasteiger partial charge is 0.823 e. The van der Waals surface area contributed by atoms with Crippen LogP contribution in [0.2, 0.25) is 0 Å². The van der Waals surface area contributed by atoms with Crippen molar-refractivity contribution in [2.45, 2.75) is 13.8 Å². The molecule has 0 unspecified atom stereocenters. The molecule has 0 aromatic heterocycles. The standard InChI is InChI=1S/C19H23O5P/c1-6-24-16-14(21-3)12(2)18(17(23-5)15(16)22-4)25-19(20)13-10-8-7-9-11-13/h7-11,20H,6H2,1-5H3/p-1. The van der Waals surface area contributed by atoms with Crippen LogP contribution in [0.3, 0.4) is 0 Å². The Hall–Kier alpha value is -2.23. The molecule has 25 heavy (non-hydrogen) atoms. The highest BCUT2D eigenvalue weighted by atomic mass is 31.1. The topological polar surface area (TPSA) is 60.0 Å². The summed E-state index contributed by atoms with van der Waals surface area (Å²) >= 11 is 0. The molecule has 2 aromatic rings. The first kappa shape index (κ1) is 19.1. The summed E-state index contributed by atoms with van der Waals surface area (Å²) in [5, 5.41) is 13.4. The van der Waals surface area contributed by atoms with Gasteiger partial charge in [0, 0.05) is 5.56 Å². The maximum atomic E-state index is 12.7. The molecule has 0 saturated carbocycles. The van der Waals surface area contributed by atoms with E-state index < -0.39 is 0 Å². The van der Waals surface area contributed by atoms with Gasteiger partial charge in [-0.3, -0.25) is 0 Å². The zero-order valence-corrected chi connectivity index (χ0v) is 16.0. The number of benzene rings is 2. The molecule has 0 aliphatic heterocycles. The fourth-order valence-corrected chi connectivity index (χ4v) is 3.58. The lowest BCUT2D eigenvalue weighted by Gasteiger charge is -2.22. The Balaban J connectivity index is 2.72. The second-order valence-electron chi connectivity index (χ2n) is 5.12. The summed E-state index contributed by atoms with van der Waals surface area (Å²) in [5.41, 5.74) is 1.39. The summed E-state index contributed by atoms with van der Waals surface area (Å²) in [4.78, 5) is 0. The van der Waals surface area contributed by atoms with Crippen LogP contribution < -0.4 is 29.4 Å². The van der Waals surface area contributed by atoms with Crippen molar-refractivity contribution in [1.82, 2.24) is 0 Å². The van der Waals surface area contributed by atoms with E-state index in [2.05, 4.69) is 0 Å². The van der Waals surface area contributed by atoms with Crippen molar-refractivity contribution >= 4 is 19.0 Å². The van der Waals surface area contributed by atoms with Gasteiger partial charge in [0.05, 0.1) is 33.2 Å². The van der Waals surface area contributed by atoms with Gasteiger partial charge >= 0.3 is 0 Å². The molecule has 2 rings (SSSR count). The van der Waals surface area contributed by atoms with Gasteiger partial charge in [-0.2, -0.15) is 0 Å². The molecule has 2 aromatic carbocycles. The van der Waals surface area contributed by atoms with Crippen molar-refractivity contribution in [3.05, 3.63) is 41.5 Å². The summed E-state index contributed by atoms with van der Waals surface area (Å²) in [6.07, 6.45) is 0. The zero-order valence-electron chi connectivity index (χ0n) is 15.1. The molecule has 6 heteroatoms. The molecule has 0 amide bonds. The molecule has 0 N–H and O–H groups in total. The number of hydrogen-bond acceptors (Lipinski definition) is 5. The second-order valence-corrected chi connectivity index (χ2v) is 6.20. The van der Waals surface area contributed by atoms with Gasteiger partial charge in [-0.1, -0.05) is 38.5 Å². The van der Waals surface area contributed by atoms with E-state index in [1.54, 1.807) is 26.4 Å². The summed E-state index contributed by atoms with van der Waals surface area (Å²) < 4.78 is 22.3. The Bertz CT molecular complexity index is 756. The average molecular weight is 361 g/mol.